The number of ether oxygens (including phenoxy) is 1. The molecule has 0 spiro atoms. The molecule has 5 nitrogen and oxygen atoms in total. The second-order valence-corrected chi connectivity index (χ2v) is 7.23. The molecule has 1 rings (SSSR count). The number of benzene rings is 1. The molecule has 0 saturated carbocycles. The van der Waals surface area contributed by atoms with E-state index in [4.69, 9.17) is 4.74 Å². The zero-order valence-electron chi connectivity index (χ0n) is 15.2. The number of carbonyl (C=O) groups excluding carboxylic acids is 2. The van der Waals surface area contributed by atoms with Crippen LogP contribution < -0.4 is 5.32 Å². The van der Waals surface area contributed by atoms with Crippen LogP contribution in [0.4, 0.5) is 10.5 Å². The summed E-state index contributed by atoms with van der Waals surface area (Å²) >= 11 is 2.67. The standard InChI is InChI=1S/C18H28N2O3S2/c1-4-5-6-7-8-9-14-23-17(21)15-10-12-16(13-11-15)19-18(22)20(24-2)25-3/h10-13H,4-9,14H2,1-3H3,(H,19,22). The molecule has 2 amide bonds. The third kappa shape index (κ3) is 8.54. The Bertz CT molecular complexity index is 520. The van der Waals surface area contributed by atoms with E-state index in [-0.39, 0.29) is 12.0 Å². The van der Waals surface area contributed by atoms with E-state index in [0.717, 1.165) is 12.8 Å². The number of esters is 1. The molecule has 0 atom stereocenters. The summed E-state index contributed by atoms with van der Waals surface area (Å²) in [5.41, 5.74) is 1.14. The summed E-state index contributed by atoms with van der Waals surface area (Å²) in [5.74, 6) is -0.318. The molecule has 0 aliphatic rings. The number of nitrogens with one attached hydrogen (secondary N) is 1. The Labute approximate surface area is 159 Å². The van der Waals surface area contributed by atoms with Gasteiger partial charge < -0.3 is 10.1 Å². The monoisotopic (exact) mass is 384 g/mol. The normalized spacial score (nSPS) is 10.4. The Hall–Kier alpha value is -1.34. The fourth-order valence-electron chi connectivity index (χ4n) is 2.23. The van der Waals surface area contributed by atoms with Crippen LogP contribution in [0.2, 0.25) is 0 Å². The van der Waals surface area contributed by atoms with Gasteiger partial charge in [0.15, 0.2) is 0 Å². The molecule has 1 aromatic carbocycles. The van der Waals surface area contributed by atoms with Crippen LogP contribution in [0, 0.1) is 0 Å². The van der Waals surface area contributed by atoms with E-state index in [0.29, 0.717) is 17.9 Å². The van der Waals surface area contributed by atoms with Crippen molar-refractivity contribution in [3.8, 4) is 0 Å². The van der Waals surface area contributed by atoms with E-state index in [1.54, 1.807) is 24.3 Å². The van der Waals surface area contributed by atoms with Gasteiger partial charge in [-0.1, -0.05) is 39.0 Å². The van der Waals surface area contributed by atoms with Crippen LogP contribution in [-0.2, 0) is 4.74 Å². The lowest BCUT2D eigenvalue weighted by Crippen LogP contribution is -2.23. The maximum absolute atomic E-state index is 12.0. The van der Waals surface area contributed by atoms with Gasteiger partial charge in [-0.2, -0.15) is 0 Å². The summed E-state index contributed by atoms with van der Waals surface area (Å²) in [6.45, 7) is 2.65. The Morgan fingerprint density at radius 3 is 2.20 bits per heavy atom. The van der Waals surface area contributed by atoms with Crippen molar-refractivity contribution >= 4 is 41.6 Å². The number of amides is 2. The van der Waals surface area contributed by atoms with E-state index in [1.807, 2.05) is 12.5 Å². The number of anilines is 1. The first-order chi connectivity index (χ1) is 12.1. The van der Waals surface area contributed by atoms with Gasteiger partial charge in [0.2, 0.25) is 0 Å². The van der Waals surface area contributed by atoms with Crippen molar-refractivity contribution in [1.29, 1.82) is 0 Å². The molecule has 1 N–H and O–H groups in total. The third-order valence-electron chi connectivity index (χ3n) is 3.60. The molecule has 7 heteroatoms. The van der Waals surface area contributed by atoms with Crippen LogP contribution in [-0.4, -0.2) is 34.8 Å². The highest BCUT2D eigenvalue weighted by atomic mass is 32.2. The molecule has 0 aliphatic heterocycles. The van der Waals surface area contributed by atoms with Gasteiger partial charge in [0, 0.05) is 18.2 Å². The first-order valence-electron chi connectivity index (χ1n) is 8.58. The zero-order chi connectivity index (χ0) is 18.5. The van der Waals surface area contributed by atoms with Crippen LogP contribution in [0.3, 0.4) is 0 Å². The highest BCUT2D eigenvalue weighted by Crippen LogP contribution is 2.19. The highest BCUT2D eigenvalue weighted by molar-refractivity contribution is 8.12. The lowest BCUT2D eigenvalue weighted by atomic mass is 10.1. The second kappa shape index (κ2) is 12.9. The van der Waals surface area contributed by atoms with Gasteiger partial charge in [-0.3, -0.25) is 0 Å². The van der Waals surface area contributed by atoms with E-state index in [1.165, 1.54) is 53.3 Å². The summed E-state index contributed by atoms with van der Waals surface area (Å²) in [4.78, 5) is 23.9. The fraction of sp³-hybridized carbons (Fsp3) is 0.556. The minimum absolute atomic E-state index is 0.210. The minimum Gasteiger partial charge on any atom is -0.462 e. The quantitative estimate of drug-likeness (QED) is 0.306. The Kier molecular flexibility index (Phi) is 11.2. The van der Waals surface area contributed by atoms with Crippen molar-refractivity contribution < 1.29 is 14.3 Å². The molecule has 0 aliphatic carbocycles. The number of hydrogen-bond donors (Lipinski definition) is 1. The van der Waals surface area contributed by atoms with Crippen LogP contribution in [0.5, 0.6) is 0 Å². The summed E-state index contributed by atoms with van der Waals surface area (Å²) < 4.78 is 6.82. The number of hydrogen-bond acceptors (Lipinski definition) is 5. The van der Waals surface area contributed by atoms with Crippen molar-refractivity contribution in [3.05, 3.63) is 29.8 Å². The van der Waals surface area contributed by atoms with Gasteiger partial charge in [-0.15, -0.1) is 0 Å². The van der Waals surface area contributed by atoms with E-state index in [9.17, 15) is 9.59 Å². The average molecular weight is 385 g/mol. The van der Waals surface area contributed by atoms with Crippen molar-refractivity contribution in [1.82, 2.24) is 3.71 Å². The number of urea groups is 1. The first-order valence-corrected chi connectivity index (χ1v) is 10.9. The van der Waals surface area contributed by atoms with Gasteiger partial charge in [-0.25, -0.2) is 13.3 Å². The van der Waals surface area contributed by atoms with Gasteiger partial charge in [0.25, 0.3) is 0 Å². The van der Waals surface area contributed by atoms with Crippen molar-refractivity contribution in [2.45, 2.75) is 45.4 Å². The summed E-state index contributed by atoms with van der Waals surface area (Å²) in [7, 11) is 0. The van der Waals surface area contributed by atoms with Gasteiger partial charge >= 0.3 is 12.0 Å². The average Bonchev–Trinajstić information content (AvgIpc) is 2.62. The Morgan fingerprint density at radius 2 is 1.60 bits per heavy atom. The maximum atomic E-state index is 12.0. The summed E-state index contributed by atoms with van der Waals surface area (Å²) in [6, 6.07) is 6.54. The molecule has 0 fully saturated rings. The topological polar surface area (TPSA) is 58.6 Å². The van der Waals surface area contributed by atoms with Gasteiger partial charge in [0.1, 0.15) is 0 Å². The van der Waals surface area contributed by atoms with Gasteiger partial charge in [0.05, 0.1) is 12.2 Å². The molecule has 0 aromatic heterocycles. The molecule has 0 bridgehead atoms. The van der Waals surface area contributed by atoms with E-state index < -0.39 is 0 Å². The van der Waals surface area contributed by atoms with Crippen molar-refractivity contribution in [2.24, 2.45) is 0 Å². The number of carbonyl (C=O) groups is 2. The van der Waals surface area contributed by atoms with Crippen LogP contribution in [0.25, 0.3) is 0 Å². The molecule has 0 radical (unpaired) electrons. The number of rotatable bonds is 11. The van der Waals surface area contributed by atoms with Gasteiger partial charge in [-0.05, 0) is 54.6 Å². The van der Waals surface area contributed by atoms with E-state index >= 15 is 0 Å². The van der Waals surface area contributed by atoms with Crippen LogP contribution in [0.15, 0.2) is 24.3 Å². The second-order valence-electron chi connectivity index (χ2n) is 5.53. The lowest BCUT2D eigenvalue weighted by molar-refractivity contribution is 0.0497. The van der Waals surface area contributed by atoms with Crippen LogP contribution >= 0.6 is 23.9 Å². The SMILES string of the molecule is CCCCCCCCOC(=O)c1ccc(NC(=O)N(SC)SC)cc1. The number of nitrogens with zero attached hydrogens (tertiary/aromatic N) is 1. The Morgan fingerprint density at radius 1 is 1.00 bits per heavy atom. The smallest absolute Gasteiger partial charge is 0.342 e. The number of unbranched alkanes of at least 4 members (excludes halogenated alkanes) is 5. The molecule has 1 aromatic rings. The first kappa shape index (κ1) is 21.7. The Balaban J connectivity index is 2.35. The third-order valence-corrected chi connectivity index (χ3v) is 5.49. The molecule has 0 saturated heterocycles. The molecular formula is C18H28N2O3S2. The van der Waals surface area contributed by atoms with Crippen LogP contribution in [0.1, 0.15) is 55.8 Å². The predicted molar refractivity (Wildman–Crippen MR) is 108 cm³/mol. The summed E-state index contributed by atoms with van der Waals surface area (Å²) in [6.07, 6.45) is 10.6. The highest BCUT2D eigenvalue weighted by Gasteiger charge is 2.12. The molecule has 25 heavy (non-hydrogen) atoms. The molecule has 0 unspecified atom stereocenters. The molecular weight excluding hydrogens is 356 g/mol. The largest absolute Gasteiger partial charge is 0.462 e. The maximum Gasteiger partial charge on any atom is 0.342 e. The molecule has 140 valence electrons. The summed E-state index contributed by atoms with van der Waals surface area (Å²) in [5, 5.41) is 2.78. The molecule has 0 heterocycles. The van der Waals surface area contributed by atoms with Crippen molar-refractivity contribution in [2.75, 3.05) is 24.4 Å². The predicted octanol–water partition coefficient (Wildman–Crippen LogP) is 5.59. The lowest BCUT2D eigenvalue weighted by Gasteiger charge is -2.16. The zero-order valence-corrected chi connectivity index (χ0v) is 16.9. The fourth-order valence-corrected chi connectivity index (χ4v) is 3.25. The van der Waals surface area contributed by atoms with Crippen molar-refractivity contribution in [3.63, 3.8) is 0 Å². The minimum atomic E-state index is -0.318. The van der Waals surface area contributed by atoms with E-state index in [2.05, 4.69) is 12.2 Å².